The van der Waals surface area contributed by atoms with E-state index in [1.54, 1.807) is 4.57 Å². The average Bonchev–Trinajstić information content (AvgIpc) is 2.56. The van der Waals surface area contributed by atoms with Gasteiger partial charge in [0.05, 0.1) is 10.9 Å². The summed E-state index contributed by atoms with van der Waals surface area (Å²) in [5.41, 5.74) is 1.91. The fraction of sp³-hybridized carbons (Fsp3) is 0.222. The first-order valence-corrected chi connectivity index (χ1v) is 7.91. The Bertz CT molecular complexity index is 827. The number of fused-ring (bicyclic) bond motifs is 1. The summed E-state index contributed by atoms with van der Waals surface area (Å²) in [6, 6.07) is 17.6. The summed E-state index contributed by atoms with van der Waals surface area (Å²) in [6.07, 6.45) is 1.40. The van der Waals surface area contributed by atoms with Gasteiger partial charge < -0.3 is 0 Å². The van der Waals surface area contributed by atoms with Gasteiger partial charge in [-0.25, -0.2) is 4.98 Å². The van der Waals surface area contributed by atoms with Crippen LogP contribution in [0.1, 0.15) is 17.8 Å². The van der Waals surface area contributed by atoms with Crippen molar-refractivity contribution in [1.82, 2.24) is 9.55 Å². The molecule has 0 aliphatic heterocycles. The van der Waals surface area contributed by atoms with E-state index >= 15 is 0 Å². The van der Waals surface area contributed by atoms with Crippen molar-refractivity contribution in [1.29, 1.82) is 0 Å². The van der Waals surface area contributed by atoms with Gasteiger partial charge in [-0.05, 0) is 24.1 Å². The molecule has 0 radical (unpaired) electrons. The lowest BCUT2D eigenvalue weighted by molar-refractivity contribution is 0.616. The monoisotopic (exact) mass is 312 g/mol. The molecule has 0 atom stereocenters. The Morgan fingerprint density at radius 3 is 2.50 bits per heavy atom. The molecule has 0 aliphatic rings. The molecule has 3 aromatic rings. The number of benzene rings is 2. The molecule has 0 fully saturated rings. The highest BCUT2D eigenvalue weighted by Gasteiger charge is 2.11. The number of hydrogen-bond donors (Lipinski definition) is 0. The number of halogens is 1. The van der Waals surface area contributed by atoms with E-state index in [-0.39, 0.29) is 5.56 Å². The molecule has 3 rings (SSSR count). The first kappa shape index (κ1) is 14.8. The van der Waals surface area contributed by atoms with Gasteiger partial charge in [0.25, 0.3) is 5.56 Å². The summed E-state index contributed by atoms with van der Waals surface area (Å²) in [4.78, 5) is 17.4. The average molecular weight is 313 g/mol. The molecule has 0 bridgehead atoms. The Morgan fingerprint density at radius 1 is 1.00 bits per heavy atom. The first-order valence-electron chi connectivity index (χ1n) is 7.38. The zero-order chi connectivity index (χ0) is 15.4. The third-order valence-corrected chi connectivity index (χ3v) is 3.93. The Morgan fingerprint density at radius 2 is 1.73 bits per heavy atom. The van der Waals surface area contributed by atoms with Crippen LogP contribution in [0, 0.1) is 0 Å². The van der Waals surface area contributed by atoms with E-state index in [0.717, 1.165) is 23.3 Å². The van der Waals surface area contributed by atoms with Gasteiger partial charge in [-0.3, -0.25) is 9.36 Å². The highest BCUT2D eigenvalue weighted by Crippen LogP contribution is 2.12. The van der Waals surface area contributed by atoms with Crippen LogP contribution in [0.5, 0.6) is 0 Å². The maximum Gasteiger partial charge on any atom is 0.261 e. The molecular weight excluding hydrogens is 296 g/mol. The SMILES string of the molecule is O=c1c2ccccc2nc(Cc2ccccc2)n1CCCCl. The van der Waals surface area contributed by atoms with Crippen LogP contribution in [-0.2, 0) is 13.0 Å². The molecule has 0 unspecified atom stereocenters. The molecule has 0 spiro atoms. The predicted molar refractivity (Wildman–Crippen MR) is 90.6 cm³/mol. The van der Waals surface area contributed by atoms with Gasteiger partial charge in [-0.1, -0.05) is 42.5 Å². The van der Waals surface area contributed by atoms with Gasteiger partial charge in [0.2, 0.25) is 0 Å². The Labute approximate surface area is 134 Å². The summed E-state index contributed by atoms with van der Waals surface area (Å²) in [5, 5.41) is 0.661. The Balaban J connectivity index is 2.11. The Kier molecular flexibility index (Phi) is 4.54. The van der Waals surface area contributed by atoms with Crippen molar-refractivity contribution in [2.24, 2.45) is 0 Å². The third kappa shape index (κ3) is 3.04. The quantitative estimate of drug-likeness (QED) is 0.674. The van der Waals surface area contributed by atoms with Gasteiger partial charge in [0.1, 0.15) is 5.82 Å². The van der Waals surface area contributed by atoms with E-state index in [1.165, 1.54) is 0 Å². The second-order valence-corrected chi connectivity index (χ2v) is 5.58. The van der Waals surface area contributed by atoms with Gasteiger partial charge in [-0.15, -0.1) is 11.6 Å². The lowest BCUT2D eigenvalue weighted by Crippen LogP contribution is -2.26. The van der Waals surface area contributed by atoms with E-state index < -0.39 is 0 Å². The molecule has 1 heterocycles. The number of para-hydroxylation sites is 1. The number of aromatic nitrogens is 2. The maximum absolute atomic E-state index is 12.7. The topological polar surface area (TPSA) is 34.9 Å². The standard InChI is InChI=1S/C18H17ClN2O/c19-11-6-12-21-17(13-14-7-2-1-3-8-14)20-16-10-5-4-9-15(16)18(21)22/h1-5,7-10H,6,11-13H2. The van der Waals surface area contributed by atoms with Crippen molar-refractivity contribution in [2.75, 3.05) is 5.88 Å². The van der Waals surface area contributed by atoms with Crippen LogP contribution >= 0.6 is 11.6 Å². The van der Waals surface area contributed by atoms with Crippen molar-refractivity contribution in [2.45, 2.75) is 19.4 Å². The molecule has 0 aliphatic carbocycles. The summed E-state index contributed by atoms with van der Waals surface area (Å²) >= 11 is 5.80. The fourth-order valence-corrected chi connectivity index (χ4v) is 2.70. The number of nitrogens with zero attached hydrogens (tertiary/aromatic N) is 2. The molecule has 0 saturated carbocycles. The van der Waals surface area contributed by atoms with Crippen LogP contribution in [0.25, 0.3) is 10.9 Å². The largest absolute Gasteiger partial charge is 0.296 e. The molecule has 1 aromatic heterocycles. The molecule has 112 valence electrons. The van der Waals surface area contributed by atoms with Gasteiger partial charge in [0, 0.05) is 18.8 Å². The van der Waals surface area contributed by atoms with Crippen molar-refractivity contribution < 1.29 is 0 Å². The normalized spacial score (nSPS) is 11.0. The minimum atomic E-state index is 0.0154. The van der Waals surface area contributed by atoms with Crippen LogP contribution in [0.4, 0.5) is 0 Å². The molecule has 2 aromatic carbocycles. The van der Waals surface area contributed by atoms with E-state index in [9.17, 15) is 4.79 Å². The van der Waals surface area contributed by atoms with Crippen molar-refractivity contribution in [3.8, 4) is 0 Å². The molecule has 0 N–H and O–H groups in total. The molecule has 0 amide bonds. The van der Waals surface area contributed by atoms with Crippen LogP contribution in [0.3, 0.4) is 0 Å². The highest BCUT2D eigenvalue weighted by atomic mass is 35.5. The van der Waals surface area contributed by atoms with Crippen LogP contribution in [0.2, 0.25) is 0 Å². The first-order chi connectivity index (χ1) is 10.8. The molecular formula is C18H17ClN2O. The minimum Gasteiger partial charge on any atom is -0.296 e. The molecule has 4 heteroatoms. The second-order valence-electron chi connectivity index (χ2n) is 5.21. The lowest BCUT2D eigenvalue weighted by Gasteiger charge is -2.13. The highest BCUT2D eigenvalue weighted by molar-refractivity contribution is 6.17. The van der Waals surface area contributed by atoms with Gasteiger partial charge in [-0.2, -0.15) is 0 Å². The van der Waals surface area contributed by atoms with Crippen LogP contribution in [-0.4, -0.2) is 15.4 Å². The summed E-state index contributed by atoms with van der Waals surface area (Å²) in [7, 11) is 0. The van der Waals surface area contributed by atoms with Crippen LogP contribution < -0.4 is 5.56 Å². The van der Waals surface area contributed by atoms with E-state index in [1.807, 2.05) is 54.6 Å². The lowest BCUT2D eigenvalue weighted by atomic mass is 10.1. The predicted octanol–water partition coefficient (Wildman–Crippen LogP) is 3.62. The van der Waals surface area contributed by atoms with Gasteiger partial charge >= 0.3 is 0 Å². The van der Waals surface area contributed by atoms with Gasteiger partial charge in [0.15, 0.2) is 0 Å². The minimum absolute atomic E-state index is 0.0154. The summed E-state index contributed by atoms with van der Waals surface area (Å²) < 4.78 is 1.76. The molecule has 0 saturated heterocycles. The molecule has 22 heavy (non-hydrogen) atoms. The molecule has 3 nitrogen and oxygen atoms in total. The van der Waals surface area contributed by atoms with Crippen molar-refractivity contribution in [3.05, 3.63) is 76.3 Å². The summed E-state index contributed by atoms with van der Waals surface area (Å²) in [5.74, 6) is 1.32. The van der Waals surface area contributed by atoms with Crippen molar-refractivity contribution in [3.63, 3.8) is 0 Å². The van der Waals surface area contributed by atoms with E-state index in [2.05, 4.69) is 0 Å². The number of hydrogen-bond acceptors (Lipinski definition) is 2. The number of rotatable bonds is 5. The van der Waals surface area contributed by atoms with E-state index in [0.29, 0.717) is 24.2 Å². The maximum atomic E-state index is 12.7. The van der Waals surface area contributed by atoms with Crippen molar-refractivity contribution >= 4 is 22.5 Å². The Hall–Kier alpha value is -2.13. The fourth-order valence-electron chi connectivity index (χ4n) is 2.58. The summed E-state index contributed by atoms with van der Waals surface area (Å²) in [6.45, 7) is 0.600. The zero-order valence-electron chi connectivity index (χ0n) is 12.2. The smallest absolute Gasteiger partial charge is 0.261 e. The number of alkyl halides is 1. The van der Waals surface area contributed by atoms with Crippen LogP contribution in [0.15, 0.2) is 59.4 Å². The zero-order valence-corrected chi connectivity index (χ0v) is 13.0. The second kappa shape index (κ2) is 6.75. The van der Waals surface area contributed by atoms with E-state index in [4.69, 9.17) is 16.6 Å². The third-order valence-electron chi connectivity index (χ3n) is 3.66.